The molecule has 1 aromatic rings. The molecule has 0 radical (unpaired) electrons. The van der Waals surface area contributed by atoms with Crippen molar-refractivity contribution in [2.75, 3.05) is 0 Å². The highest BCUT2D eigenvalue weighted by Gasteiger charge is 2.23. The lowest BCUT2D eigenvalue weighted by Crippen LogP contribution is -2.03. The summed E-state index contributed by atoms with van der Waals surface area (Å²) in [5, 5.41) is 0. The zero-order chi connectivity index (χ0) is 12.4. The first-order chi connectivity index (χ1) is 8.17. The van der Waals surface area contributed by atoms with Gasteiger partial charge >= 0.3 is 0 Å². The first-order valence-corrected chi connectivity index (χ1v) is 7.24. The molecule has 0 aliphatic heterocycles. The lowest BCUT2D eigenvalue weighted by molar-refractivity contribution is 0.680. The van der Waals surface area contributed by atoms with Crippen LogP contribution in [-0.4, -0.2) is 4.98 Å². The predicted octanol–water partition coefficient (Wildman–Crippen LogP) is 5.06. The molecule has 0 bridgehead atoms. The average molecular weight is 339 g/mol. The molecule has 1 heterocycles. The molecule has 1 aliphatic rings. The molecule has 90 valence electrons. The Balaban J connectivity index is 2.57. The van der Waals surface area contributed by atoms with Crippen LogP contribution in [0.4, 0.5) is 0 Å². The highest BCUT2D eigenvalue weighted by atomic mass is 127. The first-order valence-electron chi connectivity index (χ1n) is 5.99. The van der Waals surface area contributed by atoms with Gasteiger partial charge in [0, 0.05) is 17.0 Å². The van der Waals surface area contributed by atoms with Crippen LogP contribution in [0.1, 0.15) is 46.2 Å². The molecular weight excluding hydrogens is 321 g/mol. The Morgan fingerprint density at radius 3 is 2.88 bits per heavy atom. The molecule has 0 amide bonds. The van der Waals surface area contributed by atoms with E-state index >= 15 is 0 Å². The molecule has 0 fully saturated rings. The largest absolute Gasteiger partial charge is 0.357 e. The Kier molecular flexibility index (Phi) is 3.92. The minimum Gasteiger partial charge on any atom is -0.357 e. The van der Waals surface area contributed by atoms with Crippen molar-refractivity contribution in [2.24, 2.45) is 0 Å². The summed E-state index contributed by atoms with van der Waals surface area (Å²) in [4.78, 5) is 3.53. The minimum absolute atomic E-state index is 0.612. The lowest BCUT2D eigenvalue weighted by Gasteiger charge is -2.17. The average Bonchev–Trinajstić information content (AvgIpc) is 2.69. The highest BCUT2D eigenvalue weighted by Crippen LogP contribution is 2.39. The Hall–Kier alpha value is -0.770. The van der Waals surface area contributed by atoms with Crippen molar-refractivity contribution in [2.45, 2.75) is 30.1 Å². The van der Waals surface area contributed by atoms with Crippen LogP contribution in [0, 0.1) is 0 Å². The molecule has 0 spiro atoms. The lowest BCUT2D eigenvalue weighted by atomic mass is 9.93. The fourth-order valence-corrected chi connectivity index (χ4v) is 3.32. The first kappa shape index (κ1) is 12.7. The second-order valence-electron chi connectivity index (χ2n) is 4.50. The maximum atomic E-state index is 3.90. The molecule has 2 rings (SSSR count). The summed E-state index contributed by atoms with van der Waals surface area (Å²) < 4.78 is 0.612. The van der Waals surface area contributed by atoms with Gasteiger partial charge < -0.3 is 4.98 Å². The standard InChI is InChI=1S/C15H18IN/c1-4-10(3)9-12-11-7-6-8-13(16)15(11)17-14(12)5-2/h4-5,9,13,17H,1-2,6-8H2,3H3/b10-9-. The van der Waals surface area contributed by atoms with Gasteiger partial charge in [-0.25, -0.2) is 0 Å². The summed E-state index contributed by atoms with van der Waals surface area (Å²) in [7, 11) is 0. The number of allylic oxidation sites excluding steroid dienone is 2. The summed E-state index contributed by atoms with van der Waals surface area (Å²) >= 11 is 2.53. The van der Waals surface area contributed by atoms with Crippen molar-refractivity contribution in [1.29, 1.82) is 0 Å². The number of aromatic nitrogens is 1. The van der Waals surface area contributed by atoms with Crippen LogP contribution in [0.3, 0.4) is 0 Å². The molecule has 1 N–H and O–H groups in total. The van der Waals surface area contributed by atoms with E-state index in [1.165, 1.54) is 41.7 Å². The maximum absolute atomic E-state index is 3.90. The molecule has 2 heteroatoms. The smallest absolute Gasteiger partial charge is 0.0513 e. The normalized spacial score (nSPS) is 19.9. The van der Waals surface area contributed by atoms with Crippen molar-refractivity contribution in [1.82, 2.24) is 4.98 Å². The highest BCUT2D eigenvalue weighted by molar-refractivity contribution is 14.1. The number of H-pyrrole nitrogens is 1. The topological polar surface area (TPSA) is 15.8 Å². The predicted molar refractivity (Wildman–Crippen MR) is 84.4 cm³/mol. The van der Waals surface area contributed by atoms with Gasteiger partial charge in [0.25, 0.3) is 0 Å². The van der Waals surface area contributed by atoms with Gasteiger partial charge in [-0.2, -0.15) is 0 Å². The van der Waals surface area contributed by atoms with E-state index in [2.05, 4.69) is 53.7 Å². The van der Waals surface area contributed by atoms with Crippen molar-refractivity contribution < 1.29 is 0 Å². The van der Waals surface area contributed by atoms with E-state index in [1.807, 2.05) is 12.2 Å². The molecule has 1 unspecified atom stereocenters. The van der Waals surface area contributed by atoms with Crippen molar-refractivity contribution in [3.8, 4) is 0 Å². The molecule has 0 aromatic carbocycles. The fourth-order valence-electron chi connectivity index (χ4n) is 2.35. The summed E-state index contributed by atoms with van der Waals surface area (Å²) in [5.41, 5.74) is 6.54. The number of rotatable bonds is 3. The number of fused-ring (bicyclic) bond motifs is 1. The maximum Gasteiger partial charge on any atom is 0.0513 e. The number of hydrogen-bond donors (Lipinski definition) is 1. The SMILES string of the molecule is C=C/C(C)=C\c1c(C=C)[nH]c2c1CCCC2I. The molecule has 1 nitrogen and oxygen atoms in total. The van der Waals surface area contributed by atoms with Gasteiger partial charge in [0.15, 0.2) is 0 Å². The molecule has 0 saturated carbocycles. The van der Waals surface area contributed by atoms with Gasteiger partial charge in [0.1, 0.15) is 0 Å². The third-order valence-electron chi connectivity index (χ3n) is 3.31. The summed E-state index contributed by atoms with van der Waals surface area (Å²) in [6.45, 7) is 9.81. The Morgan fingerprint density at radius 1 is 1.47 bits per heavy atom. The second-order valence-corrected chi connectivity index (χ2v) is 6.00. The zero-order valence-electron chi connectivity index (χ0n) is 10.2. The number of alkyl halides is 1. The molecule has 1 aromatic heterocycles. The van der Waals surface area contributed by atoms with E-state index in [-0.39, 0.29) is 0 Å². The molecule has 1 atom stereocenters. The minimum atomic E-state index is 0.612. The van der Waals surface area contributed by atoms with Crippen LogP contribution in [0.15, 0.2) is 24.8 Å². The van der Waals surface area contributed by atoms with Crippen LogP contribution >= 0.6 is 22.6 Å². The van der Waals surface area contributed by atoms with Crippen LogP contribution in [-0.2, 0) is 6.42 Å². The van der Waals surface area contributed by atoms with E-state index in [0.717, 1.165) is 5.69 Å². The van der Waals surface area contributed by atoms with Gasteiger partial charge in [0.05, 0.1) is 3.92 Å². The van der Waals surface area contributed by atoms with Crippen molar-refractivity contribution in [3.05, 3.63) is 47.3 Å². The van der Waals surface area contributed by atoms with Crippen molar-refractivity contribution >= 4 is 34.7 Å². The Bertz CT molecular complexity index is 479. The Morgan fingerprint density at radius 2 is 2.24 bits per heavy atom. The molecule has 0 saturated heterocycles. The van der Waals surface area contributed by atoms with Gasteiger partial charge in [-0.1, -0.05) is 47.4 Å². The van der Waals surface area contributed by atoms with E-state index in [0.29, 0.717) is 3.92 Å². The van der Waals surface area contributed by atoms with Gasteiger partial charge in [-0.3, -0.25) is 0 Å². The summed E-state index contributed by atoms with van der Waals surface area (Å²) in [6, 6.07) is 0. The van der Waals surface area contributed by atoms with Crippen molar-refractivity contribution in [3.63, 3.8) is 0 Å². The van der Waals surface area contributed by atoms with E-state index < -0.39 is 0 Å². The van der Waals surface area contributed by atoms with Crippen LogP contribution in [0.25, 0.3) is 12.2 Å². The van der Waals surface area contributed by atoms with E-state index in [4.69, 9.17) is 0 Å². The third-order valence-corrected chi connectivity index (χ3v) is 4.55. The molecular formula is C15H18IN. The van der Waals surface area contributed by atoms with Crippen LogP contribution in [0.5, 0.6) is 0 Å². The van der Waals surface area contributed by atoms with E-state index in [1.54, 1.807) is 0 Å². The van der Waals surface area contributed by atoms with Crippen LogP contribution < -0.4 is 0 Å². The molecule has 17 heavy (non-hydrogen) atoms. The fraction of sp³-hybridized carbons (Fsp3) is 0.333. The number of nitrogens with one attached hydrogen (secondary N) is 1. The number of aromatic amines is 1. The quantitative estimate of drug-likeness (QED) is 0.450. The van der Waals surface area contributed by atoms with Crippen LogP contribution in [0.2, 0.25) is 0 Å². The molecule has 1 aliphatic carbocycles. The monoisotopic (exact) mass is 339 g/mol. The number of hydrogen-bond acceptors (Lipinski definition) is 0. The Labute approximate surface area is 117 Å². The van der Waals surface area contributed by atoms with E-state index in [9.17, 15) is 0 Å². The zero-order valence-corrected chi connectivity index (χ0v) is 12.4. The summed E-state index contributed by atoms with van der Waals surface area (Å²) in [6.07, 6.45) is 9.77. The van der Waals surface area contributed by atoms with Gasteiger partial charge in [0.2, 0.25) is 0 Å². The number of halogens is 1. The summed E-state index contributed by atoms with van der Waals surface area (Å²) in [5.74, 6) is 0. The second kappa shape index (κ2) is 5.25. The third kappa shape index (κ3) is 2.41. The van der Waals surface area contributed by atoms with Gasteiger partial charge in [-0.05, 0) is 43.9 Å². The van der Waals surface area contributed by atoms with Gasteiger partial charge in [-0.15, -0.1) is 0 Å².